The molecule has 0 radical (unpaired) electrons. The van der Waals surface area contributed by atoms with E-state index in [2.05, 4.69) is 15.5 Å². The van der Waals surface area contributed by atoms with Crippen LogP contribution in [0, 0.1) is 0 Å². The van der Waals surface area contributed by atoms with E-state index in [1.165, 1.54) is 28.0 Å². The Morgan fingerprint density at radius 1 is 1.36 bits per heavy atom. The van der Waals surface area contributed by atoms with Gasteiger partial charge in [0.1, 0.15) is 17.1 Å². The van der Waals surface area contributed by atoms with Crippen LogP contribution in [0.15, 0.2) is 38.4 Å². The van der Waals surface area contributed by atoms with Gasteiger partial charge in [-0.2, -0.15) is 8.42 Å². The Bertz CT molecular complexity index is 1220. The van der Waals surface area contributed by atoms with Gasteiger partial charge in [0.05, 0.1) is 6.42 Å². The molecule has 16 heteroatoms. The minimum Gasteiger partial charge on any atom is -0.477 e. The fourth-order valence-electron chi connectivity index (χ4n) is 3.25. The van der Waals surface area contributed by atoms with Gasteiger partial charge in [0.2, 0.25) is 11.8 Å². The van der Waals surface area contributed by atoms with Gasteiger partial charge in [-0.05, 0) is 17.0 Å². The van der Waals surface area contributed by atoms with E-state index in [9.17, 15) is 27.9 Å². The van der Waals surface area contributed by atoms with Crippen LogP contribution in [-0.4, -0.2) is 73.9 Å². The van der Waals surface area contributed by atoms with E-state index in [4.69, 9.17) is 8.97 Å². The van der Waals surface area contributed by atoms with Gasteiger partial charge in [-0.25, -0.2) is 4.79 Å². The van der Waals surface area contributed by atoms with Crippen molar-refractivity contribution in [1.82, 2.24) is 20.4 Å². The molecule has 2 aliphatic rings. The first-order valence-electron chi connectivity index (χ1n) is 9.24. The number of thiophene rings is 1. The molecule has 2 amide bonds. The lowest BCUT2D eigenvalue weighted by molar-refractivity contribution is -0.150. The molecule has 2 atom stereocenters. The molecule has 4 rings (SSSR count). The lowest BCUT2D eigenvalue weighted by Crippen LogP contribution is -2.70. The zero-order chi connectivity index (χ0) is 23.8. The highest BCUT2D eigenvalue weighted by Crippen LogP contribution is 2.41. The van der Waals surface area contributed by atoms with E-state index in [1.807, 2.05) is 17.5 Å². The van der Waals surface area contributed by atoms with Crippen LogP contribution in [0.5, 0.6) is 0 Å². The van der Waals surface area contributed by atoms with E-state index in [-0.39, 0.29) is 34.9 Å². The summed E-state index contributed by atoms with van der Waals surface area (Å²) in [4.78, 5) is 38.9. The standard InChI is InChI=1S/C17H16N4O8S4/c22-10(4-9-2-1-3-30-9)18-12-14(23)21-13(16(24)25)8(5-31-15(12)21)6-32-17-20-19-11(29-17)7-33(26,27)28/h1-3,12,15H,4-7H2,(H,18,22)(H,24,25)(H,26,27,28)/t12?,15-/m1/s1. The number of hydrogen-bond acceptors (Lipinski definition) is 11. The Morgan fingerprint density at radius 3 is 2.82 bits per heavy atom. The molecule has 0 spiro atoms. The van der Waals surface area contributed by atoms with Gasteiger partial charge in [-0.15, -0.1) is 33.3 Å². The Labute approximate surface area is 199 Å². The average Bonchev–Trinajstić information content (AvgIpc) is 3.40. The molecule has 0 aliphatic carbocycles. The summed E-state index contributed by atoms with van der Waals surface area (Å²) in [7, 11) is -4.33. The van der Waals surface area contributed by atoms with E-state index < -0.39 is 39.2 Å². The highest BCUT2D eigenvalue weighted by molar-refractivity contribution is 8.01. The highest BCUT2D eigenvalue weighted by atomic mass is 32.2. The number of carboxylic acid groups (broad SMARTS) is 1. The van der Waals surface area contributed by atoms with Crippen molar-refractivity contribution in [1.29, 1.82) is 0 Å². The molecule has 1 fully saturated rings. The largest absolute Gasteiger partial charge is 0.477 e. The number of hydrogen-bond donors (Lipinski definition) is 3. The van der Waals surface area contributed by atoms with Crippen LogP contribution in [0.3, 0.4) is 0 Å². The molecule has 0 aromatic carbocycles. The molecular weight excluding hydrogens is 516 g/mol. The number of rotatable bonds is 9. The third-order valence-electron chi connectivity index (χ3n) is 4.61. The smallest absolute Gasteiger partial charge is 0.352 e. The Hall–Kier alpha value is -2.40. The number of carbonyl (C=O) groups is 3. The van der Waals surface area contributed by atoms with Crippen molar-refractivity contribution in [3.63, 3.8) is 0 Å². The van der Waals surface area contributed by atoms with Crippen molar-refractivity contribution in [2.45, 2.75) is 28.8 Å². The van der Waals surface area contributed by atoms with Gasteiger partial charge in [0.15, 0.2) is 5.75 Å². The SMILES string of the molecule is O=C(Cc1cccs1)NC1C(=O)N2C(C(=O)O)=C(CSc3nnc(CS(=O)(=O)O)o3)CS[C@H]12. The van der Waals surface area contributed by atoms with E-state index in [1.54, 1.807) is 0 Å². The molecule has 1 saturated heterocycles. The molecule has 0 bridgehead atoms. The van der Waals surface area contributed by atoms with Crippen LogP contribution in [-0.2, 0) is 36.7 Å². The molecule has 33 heavy (non-hydrogen) atoms. The fourth-order valence-corrected chi connectivity index (χ4v) is 6.65. The van der Waals surface area contributed by atoms with Crippen molar-refractivity contribution < 1.29 is 36.9 Å². The number of thioether (sulfide) groups is 2. The molecule has 176 valence electrons. The maximum absolute atomic E-state index is 12.7. The number of carboxylic acids is 1. The van der Waals surface area contributed by atoms with Crippen LogP contribution in [0.2, 0.25) is 0 Å². The number of aliphatic carboxylic acids is 1. The molecular formula is C17H16N4O8S4. The molecule has 0 saturated carbocycles. The number of amides is 2. The van der Waals surface area contributed by atoms with Crippen molar-refractivity contribution in [3.05, 3.63) is 39.6 Å². The molecule has 2 aromatic rings. The third kappa shape index (κ3) is 5.40. The summed E-state index contributed by atoms with van der Waals surface area (Å²) < 4.78 is 35.7. The zero-order valence-corrected chi connectivity index (χ0v) is 19.8. The number of nitrogens with one attached hydrogen (secondary N) is 1. The first-order valence-corrected chi connectivity index (χ1v) is 13.8. The Balaban J connectivity index is 1.41. The quantitative estimate of drug-likeness (QED) is 0.233. The molecule has 2 aromatic heterocycles. The second kappa shape index (κ2) is 9.46. The maximum atomic E-state index is 12.7. The normalized spacial score (nSPS) is 20.4. The fraction of sp³-hybridized carbons (Fsp3) is 0.353. The monoisotopic (exact) mass is 532 g/mol. The van der Waals surface area contributed by atoms with Gasteiger partial charge >= 0.3 is 5.97 Å². The number of aromatic nitrogens is 2. The molecule has 12 nitrogen and oxygen atoms in total. The van der Waals surface area contributed by atoms with Gasteiger partial charge in [0.25, 0.3) is 21.2 Å². The van der Waals surface area contributed by atoms with Gasteiger partial charge in [-0.1, -0.05) is 17.8 Å². The second-order valence-corrected chi connectivity index (χ2v) is 11.5. The van der Waals surface area contributed by atoms with Gasteiger partial charge < -0.3 is 14.8 Å². The number of fused-ring (bicyclic) bond motifs is 1. The summed E-state index contributed by atoms with van der Waals surface area (Å²) in [6.45, 7) is 0. The summed E-state index contributed by atoms with van der Waals surface area (Å²) in [5, 5.41) is 20.9. The van der Waals surface area contributed by atoms with Crippen LogP contribution in [0.4, 0.5) is 0 Å². The lowest BCUT2D eigenvalue weighted by atomic mass is 10.0. The van der Waals surface area contributed by atoms with Crippen LogP contribution >= 0.6 is 34.9 Å². The first kappa shape index (κ1) is 23.7. The van der Waals surface area contributed by atoms with E-state index >= 15 is 0 Å². The van der Waals surface area contributed by atoms with Crippen molar-refractivity contribution in [2.75, 3.05) is 11.5 Å². The molecule has 1 unspecified atom stereocenters. The summed E-state index contributed by atoms with van der Waals surface area (Å²) >= 11 is 3.74. The maximum Gasteiger partial charge on any atom is 0.352 e. The first-order chi connectivity index (χ1) is 15.6. The topological polar surface area (TPSA) is 180 Å². The van der Waals surface area contributed by atoms with Crippen molar-refractivity contribution >= 4 is 62.8 Å². The van der Waals surface area contributed by atoms with Gasteiger partial charge in [-0.3, -0.25) is 19.0 Å². The minimum atomic E-state index is -4.33. The summed E-state index contributed by atoms with van der Waals surface area (Å²) in [6, 6.07) is 2.84. The second-order valence-electron chi connectivity index (χ2n) is 6.95. The summed E-state index contributed by atoms with van der Waals surface area (Å²) in [5.74, 6) is -2.81. The zero-order valence-electron chi connectivity index (χ0n) is 16.5. The van der Waals surface area contributed by atoms with Crippen LogP contribution in [0.25, 0.3) is 0 Å². The van der Waals surface area contributed by atoms with Gasteiger partial charge in [0, 0.05) is 16.4 Å². The number of carbonyl (C=O) groups excluding carboxylic acids is 2. The highest BCUT2D eigenvalue weighted by Gasteiger charge is 2.54. The Kier molecular flexibility index (Phi) is 6.81. The third-order valence-corrected chi connectivity index (χ3v) is 8.34. The predicted molar refractivity (Wildman–Crippen MR) is 118 cm³/mol. The van der Waals surface area contributed by atoms with Crippen LogP contribution < -0.4 is 5.32 Å². The van der Waals surface area contributed by atoms with E-state index in [0.717, 1.165) is 16.6 Å². The molecule has 3 N–H and O–H groups in total. The van der Waals surface area contributed by atoms with Crippen molar-refractivity contribution in [2.24, 2.45) is 0 Å². The van der Waals surface area contributed by atoms with Crippen LogP contribution in [0.1, 0.15) is 10.8 Å². The summed E-state index contributed by atoms with van der Waals surface area (Å²) in [6.07, 6.45) is 0.145. The molecule has 2 aliphatic heterocycles. The summed E-state index contributed by atoms with van der Waals surface area (Å²) in [5.41, 5.74) is 0.290. The Morgan fingerprint density at radius 2 is 2.15 bits per heavy atom. The van der Waals surface area contributed by atoms with E-state index in [0.29, 0.717) is 11.3 Å². The number of β-lactam (4-membered cyclic amide) rings is 1. The lowest BCUT2D eigenvalue weighted by Gasteiger charge is -2.49. The average molecular weight is 533 g/mol. The molecule has 4 heterocycles. The number of nitrogens with zero attached hydrogens (tertiary/aromatic N) is 3. The predicted octanol–water partition coefficient (Wildman–Crippen LogP) is 0.592. The minimum absolute atomic E-state index is 0.00772. The van der Waals surface area contributed by atoms with Crippen molar-refractivity contribution in [3.8, 4) is 0 Å².